The zero-order chi connectivity index (χ0) is 20.2. The lowest BCUT2D eigenvalue weighted by molar-refractivity contribution is -0.139. The van der Waals surface area contributed by atoms with Crippen LogP contribution in [-0.2, 0) is 31.8 Å². The Morgan fingerprint density at radius 1 is 0.571 bits per heavy atom. The van der Waals surface area contributed by atoms with Crippen molar-refractivity contribution in [2.75, 3.05) is 28.4 Å². The van der Waals surface area contributed by atoms with Crippen LogP contribution in [0.2, 0.25) is 0 Å². The lowest BCUT2D eigenvalue weighted by Crippen LogP contribution is -2.57. The first-order chi connectivity index (χ1) is 13.7. The van der Waals surface area contributed by atoms with Gasteiger partial charge >= 0.3 is 0 Å². The van der Waals surface area contributed by atoms with E-state index in [1.165, 1.54) is 11.1 Å². The van der Waals surface area contributed by atoms with Gasteiger partial charge in [0, 0.05) is 28.4 Å². The number of hydrogen-bond donors (Lipinski definition) is 2. The highest BCUT2D eigenvalue weighted by Gasteiger charge is 2.26. The Morgan fingerprint density at radius 2 is 0.893 bits per heavy atom. The fraction of sp³-hybridized carbons (Fsp3) is 0.455. The SMILES string of the molecule is COC(OC)[C@H](Cc1ccccc1)NN[C@H](Cc1ccccc1)C(OC)OC. The molecule has 0 saturated carbocycles. The molecule has 2 N–H and O–H groups in total. The van der Waals surface area contributed by atoms with Gasteiger partial charge in [-0.15, -0.1) is 0 Å². The molecule has 0 fully saturated rings. The maximum atomic E-state index is 5.51. The van der Waals surface area contributed by atoms with E-state index in [1.54, 1.807) is 28.4 Å². The van der Waals surface area contributed by atoms with Gasteiger partial charge in [-0.2, -0.15) is 0 Å². The van der Waals surface area contributed by atoms with Gasteiger partial charge in [0.15, 0.2) is 12.6 Å². The number of rotatable bonds is 13. The van der Waals surface area contributed by atoms with E-state index in [0.29, 0.717) is 0 Å². The van der Waals surface area contributed by atoms with Crippen LogP contribution in [-0.4, -0.2) is 53.1 Å². The summed E-state index contributed by atoms with van der Waals surface area (Å²) < 4.78 is 22.0. The van der Waals surface area contributed by atoms with Crippen molar-refractivity contribution >= 4 is 0 Å². The molecule has 0 saturated heterocycles. The van der Waals surface area contributed by atoms with Crippen molar-refractivity contribution in [1.82, 2.24) is 10.9 Å². The average Bonchev–Trinajstić information content (AvgIpc) is 2.74. The van der Waals surface area contributed by atoms with Crippen molar-refractivity contribution < 1.29 is 18.9 Å². The summed E-state index contributed by atoms with van der Waals surface area (Å²) in [5.41, 5.74) is 9.14. The first kappa shape index (κ1) is 22.5. The van der Waals surface area contributed by atoms with Gasteiger partial charge in [-0.25, -0.2) is 10.9 Å². The predicted octanol–water partition coefficient (Wildman–Crippen LogP) is 2.54. The van der Waals surface area contributed by atoms with Crippen LogP contribution < -0.4 is 10.9 Å². The van der Waals surface area contributed by atoms with E-state index in [4.69, 9.17) is 18.9 Å². The quantitative estimate of drug-likeness (QED) is 0.406. The van der Waals surface area contributed by atoms with Crippen LogP contribution in [0.5, 0.6) is 0 Å². The van der Waals surface area contributed by atoms with Gasteiger partial charge in [0.1, 0.15) is 0 Å². The Balaban J connectivity index is 2.10. The summed E-state index contributed by atoms with van der Waals surface area (Å²) in [7, 11) is 6.57. The molecule has 28 heavy (non-hydrogen) atoms. The number of benzene rings is 2. The minimum Gasteiger partial charge on any atom is -0.354 e. The van der Waals surface area contributed by atoms with Gasteiger partial charge in [0.25, 0.3) is 0 Å². The molecule has 2 aromatic rings. The summed E-state index contributed by atoms with van der Waals surface area (Å²) in [4.78, 5) is 0. The highest BCUT2D eigenvalue weighted by molar-refractivity contribution is 5.17. The average molecular weight is 389 g/mol. The molecule has 0 unspecified atom stereocenters. The smallest absolute Gasteiger partial charge is 0.173 e. The Morgan fingerprint density at radius 3 is 1.18 bits per heavy atom. The van der Waals surface area contributed by atoms with E-state index in [2.05, 4.69) is 35.1 Å². The standard InChI is InChI=1S/C22H32N2O4/c1-25-21(26-2)19(15-17-11-7-5-8-12-17)23-24-20(22(27-3)28-4)16-18-13-9-6-10-14-18/h5-14,19-24H,15-16H2,1-4H3/t19-,20+. The summed E-state index contributed by atoms with van der Waals surface area (Å²) in [5.74, 6) is 0. The zero-order valence-electron chi connectivity index (χ0n) is 17.1. The minimum absolute atomic E-state index is 0.106. The monoisotopic (exact) mass is 388 g/mol. The first-order valence-electron chi connectivity index (χ1n) is 9.41. The summed E-state index contributed by atoms with van der Waals surface area (Å²) in [6.07, 6.45) is 0.661. The topological polar surface area (TPSA) is 61.0 Å². The number of ether oxygens (including phenoxy) is 4. The third-order valence-corrected chi connectivity index (χ3v) is 4.64. The summed E-state index contributed by atoms with van der Waals surface area (Å²) >= 11 is 0. The molecule has 154 valence electrons. The molecule has 2 rings (SSSR count). The molecule has 0 aliphatic carbocycles. The van der Waals surface area contributed by atoms with Crippen LogP contribution in [0.3, 0.4) is 0 Å². The van der Waals surface area contributed by atoms with Gasteiger partial charge in [0.05, 0.1) is 12.1 Å². The normalized spacial score (nSPS) is 13.8. The van der Waals surface area contributed by atoms with Gasteiger partial charge in [0.2, 0.25) is 0 Å². The highest BCUT2D eigenvalue weighted by atomic mass is 16.7. The lowest BCUT2D eigenvalue weighted by atomic mass is 10.0. The highest BCUT2D eigenvalue weighted by Crippen LogP contribution is 2.11. The molecule has 0 spiro atoms. The Hall–Kier alpha value is -1.80. The van der Waals surface area contributed by atoms with E-state index in [1.807, 2.05) is 36.4 Å². The molecule has 0 amide bonds. The van der Waals surface area contributed by atoms with Gasteiger partial charge in [-0.05, 0) is 24.0 Å². The minimum atomic E-state index is -0.409. The van der Waals surface area contributed by atoms with Crippen LogP contribution >= 0.6 is 0 Å². The van der Waals surface area contributed by atoms with Crippen molar-refractivity contribution in [3.63, 3.8) is 0 Å². The Bertz CT molecular complexity index is 576. The van der Waals surface area contributed by atoms with Crippen LogP contribution in [0.15, 0.2) is 60.7 Å². The van der Waals surface area contributed by atoms with E-state index in [-0.39, 0.29) is 12.1 Å². The Kier molecular flexibility index (Phi) is 10.1. The van der Waals surface area contributed by atoms with Crippen molar-refractivity contribution in [3.8, 4) is 0 Å². The Labute approximate surface area is 168 Å². The van der Waals surface area contributed by atoms with E-state index in [0.717, 1.165) is 12.8 Å². The molecule has 0 radical (unpaired) electrons. The largest absolute Gasteiger partial charge is 0.354 e. The second-order valence-corrected chi connectivity index (χ2v) is 6.56. The van der Waals surface area contributed by atoms with Gasteiger partial charge in [-0.1, -0.05) is 60.7 Å². The fourth-order valence-electron chi connectivity index (χ4n) is 3.23. The second kappa shape index (κ2) is 12.6. The molecule has 0 bridgehead atoms. The third-order valence-electron chi connectivity index (χ3n) is 4.64. The van der Waals surface area contributed by atoms with Crippen LogP contribution in [0, 0.1) is 0 Å². The van der Waals surface area contributed by atoms with Crippen molar-refractivity contribution in [1.29, 1.82) is 0 Å². The molecular weight excluding hydrogens is 356 g/mol. The number of nitrogens with one attached hydrogen (secondary N) is 2. The molecule has 6 nitrogen and oxygen atoms in total. The first-order valence-corrected chi connectivity index (χ1v) is 9.41. The number of hydrogen-bond acceptors (Lipinski definition) is 6. The number of methoxy groups -OCH3 is 4. The van der Waals surface area contributed by atoms with Gasteiger partial charge < -0.3 is 18.9 Å². The van der Waals surface area contributed by atoms with Crippen LogP contribution in [0.4, 0.5) is 0 Å². The summed E-state index contributed by atoms with van der Waals surface area (Å²) in [6, 6.07) is 20.3. The molecule has 0 aliphatic heterocycles. The lowest BCUT2D eigenvalue weighted by Gasteiger charge is -2.31. The molecule has 6 heteroatoms. The maximum absolute atomic E-state index is 5.51. The molecule has 2 aromatic carbocycles. The fourth-order valence-corrected chi connectivity index (χ4v) is 3.23. The predicted molar refractivity (Wildman–Crippen MR) is 110 cm³/mol. The van der Waals surface area contributed by atoms with Crippen molar-refractivity contribution in [3.05, 3.63) is 71.8 Å². The summed E-state index contributed by atoms with van der Waals surface area (Å²) in [5, 5.41) is 0. The summed E-state index contributed by atoms with van der Waals surface area (Å²) in [6.45, 7) is 0. The second-order valence-electron chi connectivity index (χ2n) is 6.56. The molecule has 0 aliphatic rings. The van der Waals surface area contributed by atoms with Crippen LogP contribution in [0.25, 0.3) is 0 Å². The van der Waals surface area contributed by atoms with E-state index < -0.39 is 12.6 Å². The van der Waals surface area contributed by atoms with E-state index in [9.17, 15) is 0 Å². The number of hydrazine groups is 1. The van der Waals surface area contributed by atoms with Crippen molar-refractivity contribution in [2.45, 2.75) is 37.5 Å². The van der Waals surface area contributed by atoms with Crippen LogP contribution in [0.1, 0.15) is 11.1 Å². The zero-order valence-corrected chi connectivity index (χ0v) is 17.1. The van der Waals surface area contributed by atoms with Crippen molar-refractivity contribution in [2.24, 2.45) is 0 Å². The molecule has 0 aromatic heterocycles. The molecular formula is C22H32N2O4. The third kappa shape index (κ3) is 6.98. The van der Waals surface area contributed by atoms with Gasteiger partial charge in [-0.3, -0.25) is 0 Å². The molecule has 2 atom stereocenters. The molecule has 0 heterocycles. The maximum Gasteiger partial charge on any atom is 0.173 e. The van der Waals surface area contributed by atoms with E-state index >= 15 is 0 Å².